The first-order valence-electron chi connectivity index (χ1n) is 8.35. The van der Waals surface area contributed by atoms with Crippen LogP contribution in [-0.4, -0.2) is 20.0 Å². The lowest BCUT2D eigenvalue weighted by Crippen LogP contribution is -2.14. The summed E-state index contributed by atoms with van der Waals surface area (Å²) in [7, 11) is 1.67. The first-order valence-corrected chi connectivity index (χ1v) is 8.35. The van der Waals surface area contributed by atoms with E-state index in [0.29, 0.717) is 0 Å². The fraction of sp³-hybridized carbons (Fsp3) is 0.400. The number of hydrogen-bond acceptors (Lipinski definition) is 3. The van der Waals surface area contributed by atoms with E-state index in [0.717, 1.165) is 49.4 Å². The molecule has 122 valence electrons. The number of hydrogen-bond donors (Lipinski definition) is 0. The number of aryl methyl sites for hydroxylation is 1. The molecule has 0 saturated carbocycles. The van der Waals surface area contributed by atoms with E-state index in [1.807, 2.05) is 12.1 Å². The minimum atomic E-state index is -0.162. The van der Waals surface area contributed by atoms with Gasteiger partial charge in [0.2, 0.25) is 0 Å². The Kier molecular flexibility index (Phi) is 5.19. The molecule has 23 heavy (non-hydrogen) atoms. The Bertz CT molecular complexity index is 645. The molecule has 3 rings (SSSR count). The molecule has 1 aliphatic heterocycles. The molecule has 0 aromatic heterocycles. The van der Waals surface area contributed by atoms with Gasteiger partial charge in [0.05, 0.1) is 13.7 Å². The van der Waals surface area contributed by atoms with Crippen molar-refractivity contribution < 1.29 is 14.2 Å². The van der Waals surface area contributed by atoms with Crippen LogP contribution < -0.4 is 9.47 Å². The number of benzene rings is 2. The zero-order chi connectivity index (χ0) is 16.1. The average molecular weight is 312 g/mol. The van der Waals surface area contributed by atoms with Crippen molar-refractivity contribution in [3.8, 4) is 22.6 Å². The summed E-state index contributed by atoms with van der Waals surface area (Å²) in [6.45, 7) is 2.97. The topological polar surface area (TPSA) is 27.7 Å². The van der Waals surface area contributed by atoms with Crippen molar-refractivity contribution in [2.45, 2.75) is 38.9 Å². The van der Waals surface area contributed by atoms with Crippen molar-refractivity contribution in [2.75, 3.05) is 13.7 Å². The second kappa shape index (κ2) is 7.51. The molecule has 0 radical (unpaired) electrons. The number of ether oxygens (including phenoxy) is 3. The molecule has 0 aliphatic carbocycles. The molecule has 2 aromatic rings. The Hall–Kier alpha value is -2.00. The molecule has 3 nitrogen and oxygen atoms in total. The lowest BCUT2D eigenvalue weighted by molar-refractivity contribution is -0.0402. The lowest BCUT2D eigenvalue weighted by Gasteiger charge is -2.16. The Balaban J connectivity index is 1.88. The number of methoxy groups -OCH3 is 1. The Labute approximate surface area is 138 Å². The molecule has 0 spiro atoms. The predicted molar refractivity (Wildman–Crippen MR) is 92.0 cm³/mol. The molecule has 1 saturated heterocycles. The standard InChI is InChI=1S/C20H24O3/c1-3-6-15-7-4-8-16(13-15)17-10-11-18(21-2)19(14-17)23-20-9-5-12-22-20/h4,7-8,10-11,13-14,20H,3,5-6,9,12H2,1-2H3. The van der Waals surface area contributed by atoms with Gasteiger partial charge < -0.3 is 14.2 Å². The minimum Gasteiger partial charge on any atom is -0.493 e. The highest BCUT2D eigenvalue weighted by atomic mass is 16.7. The van der Waals surface area contributed by atoms with Gasteiger partial charge in [0.1, 0.15) is 0 Å². The fourth-order valence-electron chi connectivity index (χ4n) is 2.93. The normalized spacial score (nSPS) is 17.2. The van der Waals surface area contributed by atoms with E-state index in [9.17, 15) is 0 Å². The highest BCUT2D eigenvalue weighted by Gasteiger charge is 2.19. The van der Waals surface area contributed by atoms with Gasteiger partial charge in [0.15, 0.2) is 17.8 Å². The van der Waals surface area contributed by atoms with Crippen molar-refractivity contribution in [1.29, 1.82) is 0 Å². The van der Waals surface area contributed by atoms with E-state index in [-0.39, 0.29) is 6.29 Å². The quantitative estimate of drug-likeness (QED) is 0.764. The van der Waals surface area contributed by atoms with Gasteiger partial charge in [0.25, 0.3) is 0 Å². The van der Waals surface area contributed by atoms with Gasteiger partial charge in [-0.05, 0) is 41.7 Å². The van der Waals surface area contributed by atoms with Crippen molar-refractivity contribution >= 4 is 0 Å². The third-order valence-corrected chi connectivity index (χ3v) is 4.11. The van der Waals surface area contributed by atoms with E-state index >= 15 is 0 Å². The maximum atomic E-state index is 5.99. The second-order valence-corrected chi connectivity index (χ2v) is 5.88. The molecule has 1 aliphatic rings. The van der Waals surface area contributed by atoms with E-state index in [1.54, 1.807) is 7.11 Å². The van der Waals surface area contributed by atoms with E-state index in [2.05, 4.69) is 37.3 Å². The molecular weight excluding hydrogens is 288 g/mol. The minimum absolute atomic E-state index is 0.162. The van der Waals surface area contributed by atoms with Crippen molar-refractivity contribution in [1.82, 2.24) is 0 Å². The highest BCUT2D eigenvalue weighted by molar-refractivity contribution is 5.67. The zero-order valence-corrected chi connectivity index (χ0v) is 13.9. The van der Waals surface area contributed by atoms with Crippen molar-refractivity contribution in [2.24, 2.45) is 0 Å². The summed E-state index contributed by atoms with van der Waals surface area (Å²) in [5.41, 5.74) is 3.70. The summed E-state index contributed by atoms with van der Waals surface area (Å²) in [5.74, 6) is 1.49. The molecule has 0 bridgehead atoms. The summed E-state index contributed by atoms with van der Waals surface area (Å²) in [5, 5.41) is 0. The van der Waals surface area contributed by atoms with Gasteiger partial charge in [0, 0.05) is 6.42 Å². The summed E-state index contributed by atoms with van der Waals surface area (Å²) >= 11 is 0. The fourth-order valence-corrected chi connectivity index (χ4v) is 2.93. The molecule has 0 amide bonds. The van der Waals surface area contributed by atoms with Crippen LogP contribution in [0.2, 0.25) is 0 Å². The monoisotopic (exact) mass is 312 g/mol. The van der Waals surface area contributed by atoms with E-state index < -0.39 is 0 Å². The maximum absolute atomic E-state index is 5.99. The zero-order valence-electron chi connectivity index (χ0n) is 13.9. The summed E-state index contributed by atoms with van der Waals surface area (Å²) in [6.07, 6.45) is 4.07. The van der Waals surface area contributed by atoms with Crippen LogP contribution >= 0.6 is 0 Å². The van der Waals surface area contributed by atoms with Gasteiger partial charge in [-0.2, -0.15) is 0 Å². The molecule has 1 atom stereocenters. The third-order valence-electron chi connectivity index (χ3n) is 4.11. The molecule has 0 N–H and O–H groups in total. The Morgan fingerprint density at radius 2 is 1.96 bits per heavy atom. The van der Waals surface area contributed by atoms with Gasteiger partial charge in [-0.25, -0.2) is 0 Å². The van der Waals surface area contributed by atoms with E-state index in [1.165, 1.54) is 11.1 Å². The van der Waals surface area contributed by atoms with Crippen LogP contribution in [-0.2, 0) is 11.2 Å². The van der Waals surface area contributed by atoms with Crippen molar-refractivity contribution in [3.63, 3.8) is 0 Å². The number of rotatable bonds is 6. The van der Waals surface area contributed by atoms with Crippen LogP contribution in [0.15, 0.2) is 42.5 Å². The van der Waals surface area contributed by atoms with Gasteiger partial charge in [-0.3, -0.25) is 0 Å². The Morgan fingerprint density at radius 3 is 2.70 bits per heavy atom. The van der Waals surface area contributed by atoms with Crippen LogP contribution in [0.1, 0.15) is 31.7 Å². The molecule has 3 heteroatoms. The first-order chi connectivity index (χ1) is 11.3. The molecule has 1 unspecified atom stereocenters. The lowest BCUT2D eigenvalue weighted by atomic mass is 10.0. The highest BCUT2D eigenvalue weighted by Crippen LogP contribution is 2.34. The van der Waals surface area contributed by atoms with Crippen LogP contribution in [0, 0.1) is 0 Å². The van der Waals surface area contributed by atoms with Crippen LogP contribution in [0.3, 0.4) is 0 Å². The maximum Gasteiger partial charge on any atom is 0.200 e. The van der Waals surface area contributed by atoms with Crippen molar-refractivity contribution in [3.05, 3.63) is 48.0 Å². The molecule has 1 fully saturated rings. The van der Waals surface area contributed by atoms with Gasteiger partial charge >= 0.3 is 0 Å². The predicted octanol–water partition coefficient (Wildman–Crippen LogP) is 4.83. The summed E-state index contributed by atoms with van der Waals surface area (Å²) < 4.78 is 17.0. The average Bonchev–Trinajstić information content (AvgIpc) is 3.08. The second-order valence-electron chi connectivity index (χ2n) is 5.88. The SMILES string of the molecule is CCCc1cccc(-c2ccc(OC)c(OC3CCCO3)c2)c1. The molecule has 1 heterocycles. The summed E-state index contributed by atoms with van der Waals surface area (Å²) in [4.78, 5) is 0. The molecular formula is C20H24O3. The first kappa shape index (κ1) is 15.9. The summed E-state index contributed by atoms with van der Waals surface area (Å²) in [6, 6.07) is 14.8. The van der Waals surface area contributed by atoms with Crippen LogP contribution in [0.4, 0.5) is 0 Å². The molecule has 2 aromatic carbocycles. The van der Waals surface area contributed by atoms with Gasteiger partial charge in [-0.1, -0.05) is 43.7 Å². The largest absolute Gasteiger partial charge is 0.493 e. The smallest absolute Gasteiger partial charge is 0.200 e. The third kappa shape index (κ3) is 3.85. The van der Waals surface area contributed by atoms with Crippen LogP contribution in [0.5, 0.6) is 11.5 Å². The van der Waals surface area contributed by atoms with E-state index in [4.69, 9.17) is 14.2 Å². The van der Waals surface area contributed by atoms with Gasteiger partial charge in [-0.15, -0.1) is 0 Å². The Morgan fingerprint density at radius 1 is 1.09 bits per heavy atom. The van der Waals surface area contributed by atoms with Crippen LogP contribution in [0.25, 0.3) is 11.1 Å².